The van der Waals surface area contributed by atoms with Crippen molar-refractivity contribution in [1.29, 1.82) is 0 Å². The Morgan fingerprint density at radius 2 is 1.96 bits per heavy atom. The van der Waals surface area contributed by atoms with Crippen molar-refractivity contribution < 1.29 is 9.13 Å². The number of fused-ring (bicyclic) bond motifs is 3. The monoisotopic (exact) mass is 342 g/mol. The summed E-state index contributed by atoms with van der Waals surface area (Å²) in [6.07, 6.45) is 0. The molecule has 0 bridgehead atoms. The summed E-state index contributed by atoms with van der Waals surface area (Å²) in [5.74, 6) is 0.865. The van der Waals surface area contributed by atoms with Gasteiger partial charge in [0.1, 0.15) is 22.9 Å². The number of rotatable bonds is 2. The Bertz CT molecular complexity index is 1090. The average molecular weight is 343 g/mol. The van der Waals surface area contributed by atoms with E-state index in [9.17, 15) is 4.39 Å². The number of hydrogen-bond acceptors (Lipinski definition) is 4. The van der Waals surface area contributed by atoms with E-state index in [1.165, 1.54) is 12.1 Å². The molecule has 4 aromatic rings. The van der Waals surface area contributed by atoms with E-state index < -0.39 is 0 Å². The quantitative estimate of drug-likeness (QED) is 0.551. The van der Waals surface area contributed by atoms with Gasteiger partial charge in [-0.15, -0.1) is 10.2 Å². The first-order chi connectivity index (χ1) is 11.6. The molecule has 2 aromatic heterocycles. The zero-order chi connectivity index (χ0) is 16.8. The average Bonchev–Trinajstić information content (AvgIpc) is 2.92. The summed E-state index contributed by atoms with van der Waals surface area (Å²) in [5.41, 5.74) is 3.07. The van der Waals surface area contributed by atoms with Crippen LogP contribution in [0.2, 0.25) is 5.02 Å². The van der Waals surface area contributed by atoms with E-state index in [1.54, 1.807) is 35.8 Å². The van der Waals surface area contributed by atoms with Crippen LogP contribution in [0.5, 0.6) is 5.75 Å². The fraction of sp³-hybridized carbons (Fsp3) is 0.118. The highest BCUT2D eigenvalue weighted by molar-refractivity contribution is 6.33. The molecule has 0 amide bonds. The third-order valence-electron chi connectivity index (χ3n) is 3.87. The highest BCUT2D eigenvalue weighted by Gasteiger charge is 2.17. The summed E-state index contributed by atoms with van der Waals surface area (Å²) in [6, 6.07) is 9.65. The maximum atomic E-state index is 13.8. The standard InChI is InChI=1S/C17H12ClFN4O/c1-9-16-22-21-14-6-3-10(19)7-15(14)23(16)17(20-9)12-8-11(24-2)4-5-13(12)18/h3-8H,1-2H3. The largest absolute Gasteiger partial charge is 0.497 e. The van der Waals surface area contributed by atoms with Crippen molar-refractivity contribution in [3.8, 4) is 17.1 Å². The molecule has 0 saturated carbocycles. The summed E-state index contributed by atoms with van der Waals surface area (Å²) < 4.78 is 20.8. The molecule has 0 unspecified atom stereocenters. The summed E-state index contributed by atoms with van der Waals surface area (Å²) in [5, 5.41) is 8.87. The zero-order valence-corrected chi connectivity index (χ0v) is 13.7. The molecule has 24 heavy (non-hydrogen) atoms. The van der Waals surface area contributed by atoms with Gasteiger partial charge in [-0.25, -0.2) is 9.37 Å². The summed E-state index contributed by atoms with van der Waals surface area (Å²) in [6.45, 7) is 1.83. The second-order valence-electron chi connectivity index (χ2n) is 5.36. The van der Waals surface area contributed by atoms with Crippen LogP contribution in [-0.4, -0.2) is 26.7 Å². The number of aryl methyl sites for hydroxylation is 1. The SMILES string of the molecule is COc1ccc(Cl)c(-c2nc(C)c3nnc4ccc(F)cc4n23)c1. The van der Waals surface area contributed by atoms with Crippen molar-refractivity contribution in [3.05, 3.63) is 52.9 Å². The van der Waals surface area contributed by atoms with Crippen molar-refractivity contribution in [2.75, 3.05) is 7.11 Å². The molecule has 0 atom stereocenters. The Hall–Kier alpha value is -2.73. The highest BCUT2D eigenvalue weighted by Crippen LogP contribution is 2.33. The number of nitrogens with zero attached hydrogens (tertiary/aromatic N) is 4. The Morgan fingerprint density at radius 1 is 1.12 bits per heavy atom. The van der Waals surface area contributed by atoms with E-state index in [-0.39, 0.29) is 5.82 Å². The molecule has 0 radical (unpaired) electrons. The minimum Gasteiger partial charge on any atom is -0.497 e. The van der Waals surface area contributed by atoms with Crippen LogP contribution in [0.4, 0.5) is 4.39 Å². The number of imidazole rings is 1. The van der Waals surface area contributed by atoms with Crippen LogP contribution in [0.15, 0.2) is 36.4 Å². The van der Waals surface area contributed by atoms with Gasteiger partial charge in [0.25, 0.3) is 0 Å². The maximum Gasteiger partial charge on any atom is 0.183 e. The first kappa shape index (κ1) is 14.8. The van der Waals surface area contributed by atoms with Crippen molar-refractivity contribution in [3.63, 3.8) is 0 Å². The predicted molar refractivity (Wildman–Crippen MR) is 90.0 cm³/mol. The van der Waals surface area contributed by atoms with Crippen LogP contribution < -0.4 is 4.74 Å². The Labute approximate surface area is 141 Å². The molecule has 7 heteroatoms. The smallest absolute Gasteiger partial charge is 0.183 e. The van der Waals surface area contributed by atoms with Gasteiger partial charge in [0.05, 0.1) is 23.3 Å². The van der Waals surface area contributed by atoms with E-state index in [2.05, 4.69) is 15.2 Å². The third kappa shape index (κ3) is 2.18. The molecule has 2 heterocycles. The second kappa shape index (κ2) is 5.42. The first-order valence-electron chi connectivity index (χ1n) is 7.23. The third-order valence-corrected chi connectivity index (χ3v) is 4.20. The van der Waals surface area contributed by atoms with Crippen LogP contribution in [0.25, 0.3) is 28.1 Å². The summed E-state index contributed by atoms with van der Waals surface area (Å²) in [7, 11) is 1.58. The van der Waals surface area contributed by atoms with Gasteiger partial charge in [0, 0.05) is 11.6 Å². The molecule has 4 rings (SSSR count). The van der Waals surface area contributed by atoms with Gasteiger partial charge >= 0.3 is 0 Å². The number of hydrogen-bond donors (Lipinski definition) is 0. The molecule has 0 aliphatic rings. The van der Waals surface area contributed by atoms with Crippen molar-refractivity contribution >= 4 is 28.3 Å². The lowest BCUT2D eigenvalue weighted by atomic mass is 10.2. The number of methoxy groups -OCH3 is 1. The van der Waals surface area contributed by atoms with Crippen LogP contribution >= 0.6 is 11.6 Å². The van der Waals surface area contributed by atoms with Crippen molar-refractivity contribution in [2.24, 2.45) is 0 Å². The second-order valence-corrected chi connectivity index (χ2v) is 5.77. The normalized spacial score (nSPS) is 11.3. The van der Waals surface area contributed by atoms with Gasteiger partial charge in [0.15, 0.2) is 5.65 Å². The lowest BCUT2D eigenvalue weighted by Gasteiger charge is -2.08. The lowest BCUT2D eigenvalue weighted by Crippen LogP contribution is -1.98. The van der Waals surface area contributed by atoms with Gasteiger partial charge in [-0.05, 0) is 37.3 Å². The van der Waals surface area contributed by atoms with E-state index in [0.717, 1.165) is 0 Å². The first-order valence-corrected chi connectivity index (χ1v) is 7.61. The highest BCUT2D eigenvalue weighted by atomic mass is 35.5. The fourth-order valence-corrected chi connectivity index (χ4v) is 2.91. The summed E-state index contributed by atoms with van der Waals surface area (Å²) >= 11 is 6.36. The molecule has 0 N–H and O–H groups in total. The fourth-order valence-electron chi connectivity index (χ4n) is 2.71. The van der Waals surface area contributed by atoms with Crippen molar-refractivity contribution in [2.45, 2.75) is 6.92 Å². The van der Waals surface area contributed by atoms with Crippen LogP contribution in [-0.2, 0) is 0 Å². The van der Waals surface area contributed by atoms with E-state index >= 15 is 0 Å². The van der Waals surface area contributed by atoms with Gasteiger partial charge in [0.2, 0.25) is 0 Å². The maximum absolute atomic E-state index is 13.8. The number of ether oxygens (including phenoxy) is 1. The van der Waals surface area contributed by atoms with Gasteiger partial charge in [-0.3, -0.25) is 4.40 Å². The molecule has 0 saturated heterocycles. The topological polar surface area (TPSA) is 52.3 Å². The molecule has 120 valence electrons. The molecule has 2 aromatic carbocycles. The Kier molecular flexibility index (Phi) is 3.35. The van der Waals surface area contributed by atoms with Crippen molar-refractivity contribution in [1.82, 2.24) is 19.6 Å². The van der Waals surface area contributed by atoms with E-state index in [0.29, 0.717) is 44.5 Å². The molecule has 5 nitrogen and oxygen atoms in total. The molecule has 0 aliphatic carbocycles. The van der Waals surface area contributed by atoms with Crippen LogP contribution in [0.3, 0.4) is 0 Å². The Morgan fingerprint density at radius 3 is 2.75 bits per heavy atom. The lowest BCUT2D eigenvalue weighted by molar-refractivity contribution is 0.415. The number of halogens is 2. The number of benzene rings is 2. The predicted octanol–water partition coefficient (Wildman–Crippen LogP) is 4.05. The van der Waals surface area contributed by atoms with Crippen LogP contribution in [0, 0.1) is 12.7 Å². The number of aromatic nitrogens is 4. The molecule has 0 fully saturated rings. The van der Waals surface area contributed by atoms with Crippen LogP contribution in [0.1, 0.15) is 5.69 Å². The van der Waals surface area contributed by atoms with Gasteiger partial charge in [-0.1, -0.05) is 11.6 Å². The molecule has 0 aliphatic heterocycles. The molecular formula is C17H12ClFN4O. The van der Waals surface area contributed by atoms with E-state index in [4.69, 9.17) is 16.3 Å². The molecule has 0 spiro atoms. The summed E-state index contributed by atoms with van der Waals surface area (Å²) in [4.78, 5) is 4.57. The zero-order valence-electron chi connectivity index (χ0n) is 12.9. The minimum atomic E-state index is -0.356. The minimum absolute atomic E-state index is 0.356. The Balaban J connectivity index is 2.15. The molecular weight excluding hydrogens is 331 g/mol. The van der Waals surface area contributed by atoms with Gasteiger partial charge < -0.3 is 4.74 Å². The van der Waals surface area contributed by atoms with Gasteiger partial charge in [-0.2, -0.15) is 0 Å². The van der Waals surface area contributed by atoms with E-state index in [1.807, 2.05) is 6.92 Å².